The number of hydrogen-bond acceptors (Lipinski definition) is 4. The molecular formula is C25H35Cl3O4. The molecule has 2 aromatic rings. The molecule has 2 rings (SSSR count). The minimum absolute atomic E-state index is 0.0255. The zero-order valence-corrected chi connectivity index (χ0v) is 21.9. The molecule has 1 unspecified atom stereocenters. The number of rotatable bonds is 12. The molecule has 0 bridgehead atoms. The van der Waals surface area contributed by atoms with E-state index in [9.17, 15) is 5.11 Å². The van der Waals surface area contributed by atoms with Crippen molar-refractivity contribution in [2.24, 2.45) is 0 Å². The van der Waals surface area contributed by atoms with E-state index in [-0.39, 0.29) is 17.9 Å². The van der Waals surface area contributed by atoms with Crippen LogP contribution in [0.15, 0.2) is 36.4 Å². The Kier molecular flexibility index (Phi) is 13.4. The number of aliphatic hydroxyl groups excluding tert-OH is 1. The molecule has 0 fully saturated rings. The van der Waals surface area contributed by atoms with Gasteiger partial charge in [0.25, 0.3) is 0 Å². The lowest BCUT2D eigenvalue weighted by Gasteiger charge is -2.27. The summed E-state index contributed by atoms with van der Waals surface area (Å²) in [6.07, 6.45) is 0.0730. The highest BCUT2D eigenvalue weighted by Crippen LogP contribution is 2.40. The average Bonchev–Trinajstić information content (AvgIpc) is 2.79. The van der Waals surface area contributed by atoms with Crippen LogP contribution in [-0.4, -0.2) is 43.5 Å². The third-order valence-corrected chi connectivity index (χ3v) is 5.72. The summed E-state index contributed by atoms with van der Waals surface area (Å²) < 4.78 is 16.6. The third-order valence-electron chi connectivity index (χ3n) is 4.80. The van der Waals surface area contributed by atoms with E-state index in [0.717, 1.165) is 29.9 Å². The van der Waals surface area contributed by atoms with Crippen molar-refractivity contribution in [2.45, 2.75) is 52.6 Å². The fourth-order valence-electron chi connectivity index (χ4n) is 2.91. The van der Waals surface area contributed by atoms with Crippen LogP contribution >= 0.6 is 34.8 Å². The van der Waals surface area contributed by atoms with Crippen molar-refractivity contribution >= 4 is 34.8 Å². The van der Waals surface area contributed by atoms with Crippen molar-refractivity contribution in [1.82, 2.24) is 0 Å². The number of hydrogen-bond donors (Lipinski definition) is 1. The fraction of sp³-hybridized carbons (Fsp3) is 0.520. The predicted octanol–water partition coefficient (Wildman–Crippen LogP) is 7.13. The molecule has 0 amide bonds. The van der Waals surface area contributed by atoms with Gasteiger partial charge in [-0.1, -0.05) is 63.0 Å². The van der Waals surface area contributed by atoms with Crippen LogP contribution in [0.4, 0.5) is 0 Å². The molecule has 0 radical (unpaired) electrons. The first-order valence-corrected chi connectivity index (χ1v) is 12.3. The SMILES string of the molecule is CC.CCOCCCOc1ccc(C(C)(C)c2cc(Cl)c(OCC(O)CCl)c(Cl)c2)cc1. The maximum atomic E-state index is 9.59. The second-order valence-electron chi connectivity index (χ2n) is 7.44. The Morgan fingerprint density at radius 3 is 2.06 bits per heavy atom. The lowest BCUT2D eigenvalue weighted by molar-refractivity contribution is 0.125. The van der Waals surface area contributed by atoms with Crippen molar-refractivity contribution in [3.05, 3.63) is 57.6 Å². The smallest absolute Gasteiger partial charge is 0.156 e. The maximum absolute atomic E-state index is 9.59. The standard InChI is InChI=1S/C23H29Cl3O4.C2H6/c1-4-28-10-5-11-29-19-8-6-16(7-9-19)23(2,3)17-12-20(25)22(21(26)13-17)30-15-18(27)14-24;1-2/h6-9,12-13,18,27H,4-5,10-11,14-15H2,1-3H3;1-2H3. The highest BCUT2D eigenvalue weighted by atomic mass is 35.5. The van der Waals surface area contributed by atoms with E-state index in [4.69, 9.17) is 49.0 Å². The molecule has 180 valence electrons. The Morgan fingerprint density at radius 2 is 1.53 bits per heavy atom. The van der Waals surface area contributed by atoms with Gasteiger partial charge in [0.15, 0.2) is 5.75 Å². The summed E-state index contributed by atoms with van der Waals surface area (Å²) >= 11 is 18.4. The molecule has 0 aliphatic rings. The summed E-state index contributed by atoms with van der Waals surface area (Å²) in [7, 11) is 0. The molecule has 0 saturated heterocycles. The van der Waals surface area contributed by atoms with Crippen LogP contribution in [0.2, 0.25) is 10.0 Å². The number of alkyl halides is 1. The first kappa shape index (κ1) is 28.9. The van der Waals surface area contributed by atoms with Crippen molar-refractivity contribution in [2.75, 3.05) is 32.3 Å². The predicted molar refractivity (Wildman–Crippen MR) is 135 cm³/mol. The Labute approximate surface area is 207 Å². The van der Waals surface area contributed by atoms with Crippen LogP contribution in [-0.2, 0) is 10.2 Å². The Hall–Kier alpha value is -1.17. The van der Waals surface area contributed by atoms with E-state index in [0.29, 0.717) is 29.0 Å². The van der Waals surface area contributed by atoms with E-state index >= 15 is 0 Å². The summed E-state index contributed by atoms with van der Waals surface area (Å²) in [6.45, 7) is 12.3. The molecule has 1 N–H and O–H groups in total. The zero-order valence-electron chi connectivity index (χ0n) is 19.6. The van der Waals surface area contributed by atoms with Crippen molar-refractivity contribution < 1.29 is 19.3 Å². The van der Waals surface area contributed by atoms with Gasteiger partial charge < -0.3 is 19.3 Å². The highest BCUT2D eigenvalue weighted by Gasteiger charge is 2.26. The number of ether oxygens (including phenoxy) is 3. The second kappa shape index (κ2) is 14.9. The van der Waals surface area contributed by atoms with Crippen LogP contribution in [0.25, 0.3) is 0 Å². The van der Waals surface area contributed by atoms with Crippen LogP contribution in [0.5, 0.6) is 11.5 Å². The summed E-state index contributed by atoms with van der Waals surface area (Å²) in [5, 5.41) is 10.4. The summed E-state index contributed by atoms with van der Waals surface area (Å²) in [4.78, 5) is 0. The molecule has 0 aromatic heterocycles. The van der Waals surface area contributed by atoms with Gasteiger partial charge >= 0.3 is 0 Å². The molecule has 7 heteroatoms. The molecule has 0 heterocycles. The third kappa shape index (κ3) is 8.64. The van der Waals surface area contributed by atoms with Gasteiger partial charge in [-0.05, 0) is 42.3 Å². The lowest BCUT2D eigenvalue weighted by atomic mass is 9.78. The van der Waals surface area contributed by atoms with E-state index in [2.05, 4.69) is 13.8 Å². The monoisotopic (exact) mass is 504 g/mol. The van der Waals surface area contributed by atoms with Gasteiger partial charge in [0, 0.05) is 25.0 Å². The first-order chi connectivity index (χ1) is 15.3. The molecule has 0 spiro atoms. The lowest BCUT2D eigenvalue weighted by Crippen LogP contribution is -2.20. The van der Waals surface area contributed by atoms with E-state index in [1.807, 2.05) is 57.2 Å². The highest BCUT2D eigenvalue weighted by molar-refractivity contribution is 6.37. The molecular weight excluding hydrogens is 471 g/mol. The van der Waals surface area contributed by atoms with Crippen molar-refractivity contribution in [1.29, 1.82) is 0 Å². The Bertz CT molecular complexity index is 771. The fourth-order valence-corrected chi connectivity index (χ4v) is 3.60. The minimum Gasteiger partial charge on any atom is -0.494 e. The van der Waals surface area contributed by atoms with Gasteiger partial charge in [-0.15, -0.1) is 11.6 Å². The summed E-state index contributed by atoms with van der Waals surface area (Å²) in [6, 6.07) is 11.7. The maximum Gasteiger partial charge on any atom is 0.156 e. The van der Waals surface area contributed by atoms with Crippen LogP contribution in [0.3, 0.4) is 0 Å². The average molecular weight is 506 g/mol. The van der Waals surface area contributed by atoms with Crippen LogP contribution in [0.1, 0.15) is 52.2 Å². The van der Waals surface area contributed by atoms with Crippen molar-refractivity contribution in [3.8, 4) is 11.5 Å². The van der Waals surface area contributed by atoms with Gasteiger partial charge in [0.1, 0.15) is 18.5 Å². The largest absolute Gasteiger partial charge is 0.494 e. The van der Waals surface area contributed by atoms with E-state index in [1.54, 1.807) is 0 Å². The molecule has 0 aliphatic heterocycles. The van der Waals surface area contributed by atoms with E-state index < -0.39 is 6.10 Å². The normalized spacial score (nSPS) is 12.0. The summed E-state index contributed by atoms with van der Waals surface area (Å²) in [5.74, 6) is 1.24. The number of benzene rings is 2. The van der Waals surface area contributed by atoms with Crippen LogP contribution in [0, 0.1) is 0 Å². The van der Waals surface area contributed by atoms with Gasteiger partial charge in [-0.2, -0.15) is 0 Å². The summed E-state index contributed by atoms with van der Waals surface area (Å²) in [5.41, 5.74) is 1.71. The molecule has 4 nitrogen and oxygen atoms in total. The van der Waals surface area contributed by atoms with Gasteiger partial charge in [-0.25, -0.2) is 0 Å². The molecule has 2 aromatic carbocycles. The first-order valence-electron chi connectivity index (χ1n) is 11.0. The Balaban J connectivity index is 0.00000249. The molecule has 0 saturated carbocycles. The van der Waals surface area contributed by atoms with Gasteiger partial charge in [0.05, 0.1) is 22.5 Å². The van der Waals surface area contributed by atoms with Crippen LogP contribution < -0.4 is 9.47 Å². The number of aliphatic hydroxyl groups is 1. The van der Waals surface area contributed by atoms with E-state index in [1.165, 1.54) is 0 Å². The zero-order chi connectivity index (χ0) is 24.1. The second-order valence-corrected chi connectivity index (χ2v) is 8.56. The van der Waals surface area contributed by atoms with Crippen molar-refractivity contribution in [3.63, 3.8) is 0 Å². The topological polar surface area (TPSA) is 47.9 Å². The van der Waals surface area contributed by atoms with Gasteiger partial charge in [0.2, 0.25) is 0 Å². The molecule has 0 aliphatic carbocycles. The molecule has 1 atom stereocenters. The van der Waals surface area contributed by atoms with Gasteiger partial charge in [-0.3, -0.25) is 0 Å². The minimum atomic E-state index is -0.783. The quantitative estimate of drug-likeness (QED) is 0.246. The Morgan fingerprint density at radius 1 is 0.938 bits per heavy atom. The molecule has 32 heavy (non-hydrogen) atoms. The number of halogens is 3.